The number of aliphatic imine (C=N–C) groups is 1. The van der Waals surface area contributed by atoms with Crippen LogP contribution >= 0.6 is 23.6 Å². The van der Waals surface area contributed by atoms with E-state index in [-0.39, 0.29) is 5.91 Å². The molecule has 0 saturated heterocycles. The summed E-state index contributed by atoms with van der Waals surface area (Å²) >= 11 is 5.74. The van der Waals surface area contributed by atoms with Crippen LogP contribution in [-0.4, -0.2) is 11.1 Å². The molecule has 1 aromatic rings. The van der Waals surface area contributed by atoms with Crippen LogP contribution in [0.1, 0.15) is 22.2 Å². The summed E-state index contributed by atoms with van der Waals surface area (Å²) in [6, 6.07) is 1.93. The van der Waals surface area contributed by atoms with Gasteiger partial charge in [-0.05, 0) is 35.6 Å². The molecule has 1 rings (SSSR count). The minimum atomic E-state index is -0.281. The van der Waals surface area contributed by atoms with Gasteiger partial charge in [0.25, 0.3) is 5.91 Å². The number of carbonyl (C=O) groups is 1. The van der Waals surface area contributed by atoms with Crippen LogP contribution in [0.25, 0.3) is 0 Å². The van der Waals surface area contributed by atoms with E-state index in [4.69, 9.17) is 0 Å². The Bertz CT molecular complexity index is 337. The third kappa shape index (κ3) is 1.85. The van der Waals surface area contributed by atoms with Gasteiger partial charge < -0.3 is 0 Å². The van der Waals surface area contributed by atoms with Gasteiger partial charge in [0.1, 0.15) is 0 Å². The van der Waals surface area contributed by atoms with Crippen molar-refractivity contribution in [3.63, 3.8) is 0 Å². The van der Waals surface area contributed by atoms with Crippen molar-refractivity contribution in [2.75, 3.05) is 0 Å². The molecule has 0 fully saturated rings. The van der Waals surface area contributed by atoms with E-state index in [0.29, 0.717) is 4.88 Å². The van der Waals surface area contributed by atoms with Gasteiger partial charge in [-0.3, -0.25) is 4.79 Å². The molecule has 0 aliphatic rings. The van der Waals surface area contributed by atoms with E-state index in [9.17, 15) is 4.79 Å². The second kappa shape index (κ2) is 4.26. The van der Waals surface area contributed by atoms with Crippen molar-refractivity contribution in [2.45, 2.75) is 13.3 Å². The van der Waals surface area contributed by atoms with Crippen LogP contribution in [0, 0.1) is 0 Å². The van der Waals surface area contributed by atoms with Gasteiger partial charge in [-0.1, -0.05) is 6.92 Å². The van der Waals surface area contributed by atoms with Crippen LogP contribution in [0.15, 0.2) is 16.4 Å². The second-order valence-electron chi connectivity index (χ2n) is 2.14. The lowest BCUT2D eigenvalue weighted by molar-refractivity contribution is 0.101. The first kappa shape index (κ1) is 9.26. The van der Waals surface area contributed by atoms with E-state index < -0.39 is 0 Å². The fourth-order valence-electron chi connectivity index (χ4n) is 0.894. The summed E-state index contributed by atoms with van der Waals surface area (Å²) in [5.74, 6) is -0.281. The molecule has 0 atom stereocenters. The van der Waals surface area contributed by atoms with Crippen molar-refractivity contribution in [1.29, 1.82) is 0 Å². The lowest BCUT2D eigenvalue weighted by atomic mass is 10.2. The molecule has 0 unspecified atom stereocenters. The molecule has 1 heterocycles. The first-order valence-electron chi connectivity index (χ1n) is 3.48. The normalized spacial score (nSPS) is 9.08. The van der Waals surface area contributed by atoms with Crippen LogP contribution < -0.4 is 0 Å². The molecule has 0 bridgehead atoms. The van der Waals surface area contributed by atoms with Crippen molar-refractivity contribution >= 4 is 34.6 Å². The van der Waals surface area contributed by atoms with Crippen LogP contribution in [0.3, 0.4) is 0 Å². The number of amides is 1. The summed E-state index contributed by atoms with van der Waals surface area (Å²) in [4.78, 5) is 15.3. The highest BCUT2D eigenvalue weighted by molar-refractivity contribution is 7.78. The molecule has 0 saturated carbocycles. The number of thiophene rings is 1. The van der Waals surface area contributed by atoms with E-state index in [2.05, 4.69) is 22.4 Å². The molecule has 0 aliphatic carbocycles. The third-order valence-electron chi connectivity index (χ3n) is 1.47. The molecular weight excluding hydrogens is 190 g/mol. The molecule has 4 heteroatoms. The summed E-state index contributed by atoms with van der Waals surface area (Å²) in [7, 11) is 0. The standard InChI is InChI=1S/C8H7NOS2/c1-2-6-3-4-12-7(6)8(10)9-5-11/h3-4H,2H2,1H3. The fourth-order valence-corrected chi connectivity index (χ4v) is 1.86. The molecule has 0 N–H and O–H groups in total. The molecule has 0 aromatic carbocycles. The molecule has 0 radical (unpaired) electrons. The Kier molecular flexibility index (Phi) is 3.29. The molecule has 0 spiro atoms. The van der Waals surface area contributed by atoms with Crippen LogP contribution in [0.5, 0.6) is 0 Å². The lowest BCUT2D eigenvalue weighted by Crippen LogP contribution is -1.94. The minimum absolute atomic E-state index is 0.281. The highest BCUT2D eigenvalue weighted by Crippen LogP contribution is 2.17. The number of aryl methyl sites for hydroxylation is 1. The summed E-state index contributed by atoms with van der Waals surface area (Å²) < 4.78 is 0. The Hall–Kier alpha value is -0.830. The Labute approximate surface area is 79.9 Å². The molecule has 62 valence electrons. The van der Waals surface area contributed by atoms with Gasteiger partial charge in [-0.2, -0.15) is 4.99 Å². The van der Waals surface area contributed by atoms with Gasteiger partial charge in [-0.25, -0.2) is 0 Å². The molecule has 2 nitrogen and oxygen atoms in total. The Morgan fingerprint density at radius 1 is 1.83 bits per heavy atom. The third-order valence-corrected chi connectivity index (χ3v) is 2.51. The summed E-state index contributed by atoms with van der Waals surface area (Å²) in [5.41, 5.74) is 1.03. The SMILES string of the molecule is CCc1ccsc1C(=O)N=C=S. The van der Waals surface area contributed by atoms with Gasteiger partial charge in [0.2, 0.25) is 0 Å². The second-order valence-corrected chi connectivity index (χ2v) is 3.24. The number of hydrogen-bond acceptors (Lipinski definition) is 3. The van der Waals surface area contributed by atoms with Crippen molar-refractivity contribution in [3.05, 3.63) is 21.9 Å². The topological polar surface area (TPSA) is 29.4 Å². The first-order valence-corrected chi connectivity index (χ1v) is 4.77. The Morgan fingerprint density at radius 2 is 2.58 bits per heavy atom. The van der Waals surface area contributed by atoms with Gasteiger partial charge in [0, 0.05) is 0 Å². The largest absolute Gasteiger partial charge is 0.296 e. The number of carbonyl (C=O) groups excluding carboxylic acids is 1. The van der Waals surface area contributed by atoms with Crippen LogP contribution in [0.2, 0.25) is 0 Å². The number of isothiocyanates is 1. The number of thiocarbonyl (C=S) groups is 1. The zero-order valence-electron chi connectivity index (χ0n) is 6.53. The van der Waals surface area contributed by atoms with E-state index in [1.165, 1.54) is 11.3 Å². The summed E-state index contributed by atoms with van der Waals surface area (Å²) in [6.07, 6.45) is 0.845. The Morgan fingerprint density at radius 3 is 3.17 bits per heavy atom. The number of nitrogens with zero attached hydrogens (tertiary/aromatic N) is 1. The molecule has 1 aromatic heterocycles. The monoisotopic (exact) mass is 197 g/mol. The van der Waals surface area contributed by atoms with Crippen molar-refractivity contribution in [2.24, 2.45) is 4.99 Å². The van der Waals surface area contributed by atoms with Gasteiger partial charge in [0.05, 0.1) is 10.0 Å². The first-order chi connectivity index (χ1) is 5.79. The number of rotatable bonds is 2. The smallest absolute Gasteiger partial charge is 0.265 e. The Balaban J connectivity index is 3.01. The van der Waals surface area contributed by atoms with Crippen LogP contribution in [0.4, 0.5) is 0 Å². The van der Waals surface area contributed by atoms with Gasteiger partial charge >= 0.3 is 0 Å². The quantitative estimate of drug-likeness (QED) is 0.538. The fraction of sp³-hybridized carbons (Fsp3) is 0.250. The summed E-state index contributed by atoms with van der Waals surface area (Å²) in [6.45, 7) is 2.00. The van der Waals surface area contributed by atoms with E-state index in [1.54, 1.807) is 0 Å². The van der Waals surface area contributed by atoms with E-state index in [1.807, 2.05) is 18.4 Å². The average molecular weight is 197 g/mol. The predicted molar refractivity (Wildman–Crippen MR) is 53.1 cm³/mol. The zero-order chi connectivity index (χ0) is 8.97. The van der Waals surface area contributed by atoms with E-state index >= 15 is 0 Å². The van der Waals surface area contributed by atoms with Gasteiger partial charge in [-0.15, -0.1) is 11.3 Å². The molecule has 1 amide bonds. The van der Waals surface area contributed by atoms with Gasteiger partial charge in [0.15, 0.2) is 0 Å². The van der Waals surface area contributed by atoms with E-state index in [0.717, 1.165) is 12.0 Å². The predicted octanol–water partition coefficient (Wildman–Crippen LogP) is 2.55. The highest BCUT2D eigenvalue weighted by Gasteiger charge is 2.09. The molecular formula is C8H7NOS2. The zero-order valence-corrected chi connectivity index (χ0v) is 8.17. The summed E-state index contributed by atoms with van der Waals surface area (Å²) in [5, 5.41) is 3.95. The van der Waals surface area contributed by atoms with Crippen molar-refractivity contribution < 1.29 is 4.79 Å². The molecule has 12 heavy (non-hydrogen) atoms. The highest BCUT2D eigenvalue weighted by atomic mass is 32.1. The van der Waals surface area contributed by atoms with Crippen LogP contribution in [-0.2, 0) is 6.42 Å². The molecule has 0 aliphatic heterocycles. The average Bonchev–Trinajstić information content (AvgIpc) is 2.51. The maximum absolute atomic E-state index is 11.2. The maximum atomic E-state index is 11.2. The maximum Gasteiger partial charge on any atom is 0.296 e. The van der Waals surface area contributed by atoms with Crippen molar-refractivity contribution in [1.82, 2.24) is 0 Å². The lowest BCUT2D eigenvalue weighted by Gasteiger charge is -1.92. The van der Waals surface area contributed by atoms with Crippen molar-refractivity contribution in [3.8, 4) is 0 Å². The number of hydrogen-bond donors (Lipinski definition) is 0. The minimum Gasteiger partial charge on any atom is -0.265 e.